The Morgan fingerprint density at radius 2 is 1.94 bits per heavy atom. The van der Waals surface area contributed by atoms with E-state index in [1.165, 1.54) is 0 Å². The van der Waals surface area contributed by atoms with Crippen molar-refractivity contribution in [3.05, 3.63) is 52.7 Å². The Bertz CT molecular complexity index is 987. The van der Waals surface area contributed by atoms with Gasteiger partial charge in [-0.1, -0.05) is 5.21 Å². The van der Waals surface area contributed by atoms with Gasteiger partial charge in [0.05, 0.1) is 28.8 Å². The number of benzene rings is 1. The van der Waals surface area contributed by atoms with Gasteiger partial charge in [0.2, 0.25) is 0 Å². The molecule has 1 aromatic carbocycles. The number of hydrogen-bond acceptors (Lipinski definition) is 7. The molecule has 3 aromatic rings. The zero-order valence-electron chi connectivity index (χ0n) is 18.0. The number of likely N-dealkylation sites (tertiary alicyclic amines) is 1. The maximum Gasteiger partial charge on any atom is 0.410 e. The summed E-state index contributed by atoms with van der Waals surface area (Å²) in [4.78, 5) is 18.8. The third-order valence-corrected chi connectivity index (χ3v) is 6.03. The molecule has 0 spiro atoms. The Hall–Kier alpha value is -2.94. The predicted molar refractivity (Wildman–Crippen MR) is 118 cm³/mol. The van der Waals surface area contributed by atoms with Crippen LogP contribution in [0.4, 0.5) is 4.79 Å². The fourth-order valence-corrected chi connectivity index (χ4v) is 4.39. The first-order valence-electron chi connectivity index (χ1n) is 10.4. The van der Waals surface area contributed by atoms with E-state index in [4.69, 9.17) is 14.5 Å². The molecule has 9 heteroatoms. The van der Waals surface area contributed by atoms with Crippen LogP contribution < -0.4 is 4.74 Å². The van der Waals surface area contributed by atoms with Crippen molar-refractivity contribution in [1.29, 1.82) is 0 Å². The minimum absolute atomic E-state index is 0.228. The van der Waals surface area contributed by atoms with Crippen molar-refractivity contribution in [1.82, 2.24) is 24.9 Å². The molecule has 4 rings (SSSR count). The van der Waals surface area contributed by atoms with Crippen molar-refractivity contribution < 1.29 is 14.3 Å². The summed E-state index contributed by atoms with van der Waals surface area (Å²) < 4.78 is 13.1. The highest BCUT2D eigenvalue weighted by Gasteiger charge is 2.28. The molecule has 164 valence electrons. The normalized spacial score (nSPS) is 15.1. The van der Waals surface area contributed by atoms with Gasteiger partial charge in [-0.15, -0.1) is 16.4 Å². The lowest BCUT2D eigenvalue weighted by molar-refractivity contribution is 0.0204. The van der Waals surface area contributed by atoms with Crippen molar-refractivity contribution in [2.24, 2.45) is 0 Å². The summed E-state index contributed by atoms with van der Waals surface area (Å²) in [7, 11) is 0. The van der Waals surface area contributed by atoms with Crippen molar-refractivity contribution in [2.45, 2.75) is 51.7 Å². The van der Waals surface area contributed by atoms with Gasteiger partial charge in [0, 0.05) is 24.4 Å². The van der Waals surface area contributed by atoms with E-state index in [9.17, 15) is 4.79 Å². The largest absolute Gasteiger partial charge is 0.487 e. The number of carbonyl (C=O) groups excluding carboxylic acids is 1. The summed E-state index contributed by atoms with van der Waals surface area (Å²) in [6, 6.07) is 7.71. The van der Waals surface area contributed by atoms with Crippen LogP contribution in [0.25, 0.3) is 5.69 Å². The van der Waals surface area contributed by atoms with Gasteiger partial charge in [0.1, 0.15) is 18.0 Å². The van der Waals surface area contributed by atoms with Gasteiger partial charge in [-0.3, -0.25) is 0 Å². The number of piperidine rings is 1. The minimum Gasteiger partial charge on any atom is -0.487 e. The average molecular weight is 442 g/mol. The van der Waals surface area contributed by atoms with Crippen molar-refractivity contribution in [2.75, 3.05) is 13.1 Å². The van der Waals surface area contributed by atoms with Crippen molar-refractivity contribution in [3.63, 3.8) is 0 Å². The number of aromatic nitrogens is 4. The molecule has 8 nitrogen and oxygen atoms in total. The van der Waals surface area contributed by atoms with Gasteiger partial charge in [-0.05, 0) is 57.9 Å². The standard InChI is InChI=1S/C22H27N5O3S/c1-22(2,3)30-21(28)26-11-8-16(9-12-26)20-24-17(15-31-20)14-29-19-6-4-18(5-7-19)27-13-10-23-25-27/h4-7,10,13,15-16H,8-9,11-12,14H2,1-3H3. The fraction of sp³-hybridized carbons (Fsp3) is 0.455. The summed E-state index contributed by atoms with van der Waals surface area (Å²) in [5.41, 5.74) is 1.39. The molecule has 1 fully saturated rings. The smallest absolute Gasteiger partial charge is 0.410 e. The molecule has 1 amide bonds. The Kier molecular flexibility index (Phi) is 6.22. The van der Waals surface area contributed by atoms with Gasteiger partial charge < -0.3 is 14.4 Å². The molecule has 2 aromatic heterocycles. The van der Waals surface area contributed by atoms with Crippen LogP contribution in [-0.4, -0.2) is 49.7 Å². The van der Waals surface area contributed by atoms with Crippen LogP contribution >= 0.6 is 11.3 Å². The highest BCUT2D eigenvalue weighted by atomic mass is 32.1. The van der Waals surface area contributed by atoms with E-state index in [-0.39, 0.29) is 6.09 Å². The molecular weight excluding hydrogens is 414 g/mol. The van der Waals surface area contributed by atoms with Crippen LogP contribution in [0, 0.1) is 0 Å². The van der Waals surface area contributed by atoms with Crippen LogP contribution in [0.2, 0.25) is 0 Å². The Balaban J connectivity index is 1.27. The van der Waals surface area contributed by atoms with E-state index in [2.05, 4.69) is 15.7 Å². The third-order valence-electron chi connectivity index (χ3n) is 4.98. The van der Waals surface area contributed by atoms with Gasteiger partial charge in [-0.2, -0.15) is 0 Å². The molecule has 1 aliphatic heterocycles. The quantitative estimate of drug-likeness (QED) is 0.583. The average Bonchev–Trinajstić information content (AvgIpc) is 3.44. The van der Waals surface area contributed by atoms with E-state index in [0.29, 0.717) is 25.6 Å². The molecule has 1 saturated heterocycles. The zero-order valence-corrected chi connectivity index (χ0v) is 18.8. The highest BCUT2D eigenvalue weighted by molar-refractivity contribution is 7.09. The first kappa shape index (κ1) is 21.3. The number of hydrogen-bond donors (Lipinski definition) is 0. The summed E-state index contributed by atoms with van der Waals surface area (Å²) in [6.45, 7) is 7.49. The van der Waals surface area contributed by atoms with Crippen molar-refractivity contribution >= 4 is 17.4 Å². The lowest BCUT2D eigenvalue weighted by Gasteiger charge is -2.32. The molecule has 0 atom stereocenters. The number of amides is 1. The minimum atomic E-state index is -0.463. The molecule has 0 aliphatic carbocycles. The number of nitrogens with zero attached hydrogens (tertiary/aromatic N) is 5. The third kappa shape index (κ3) is 5.61. The fourth-order valence-electron chi connectivity index (χ4n) is 3.41. The molecule has 0 saturated carbocycles. The predicted octanol–water partition coefficient (Wildman–Crippen LogP) is 4.42. The Labute approximate surface area is 185 Å². The Morgan fingerprint density at radius 1 is 1.19 bits per heavy atom. The molecule has 0 unspecified atom stereocenters. The maximum absolute atomic E-state index is 12.2. The van der Waals surface area contributed by atoms with Crippen LogP contribution in [0.1, 0.15) is 50.2 Å². The number of rotatable bonds is 5. The van der Waals surface area contributed by atoms with E-state index < -0.39 is 5.60 Å². The van der Waals surface area contributed by atoms with Gasteiger partial charge in [0.25, 0.3) is 0 Å². The monoisotopic (exact) mass is 441 g/mol. The number of ether oxygens (including phenoxy) is 2. The van der Waals surface area contributed by atoms with Crippen LogP contribution in [0.3, 0.4) is 0 Å². The second-order valence-electron chi connectivity index (χ2n) is 8.55. The molecule has 1 aliphatic rings. The molecule has 31 heavy (non-hydrogen) atoms. The van der Waals surface area contributed by atoms with E-state index in [0.717, 1.165) is 35.0 Å². The second-order valence-corrected chi connectivity index (χ2v) is 9.44. The highest BCUT2D eigenvalue weighted by Crippen LogP contribution is 2.31. The molecule has 0 radical (unpaired) electrons. The molecule has 0 bridgehead atoms. The first-order valence-corrected chi connectivity index (χ1v) is 11.3. The van der Waals surface area contributed by atoms with E-state index in [1.807, 2.05) is 45.0 Å². The van der Waals surface area contributed by atoms with Gasteiger partial charge in [-0.25, -0.2) is 14.5 Å². The second kappa shape index (κ2) is 9.05. The van der Waals surface area contributed by atoms with E-state index >= 15 is 0 Å². The van der Waals surface area contributed by atoms with Gasteiger partial charge in [0.15, 0.2) is 0 Å². The number of carbonyl (C=O) groups is 1. The molecule has 0 N–H and O–H groups in total. The maximum atomic E-state index is 12.2. The summed E-state index contributed by atoms with van der Waals surface area (Å²) in [6.07, 6.45) is 5.01. The topological polar surface area (TPSA) is 82.4 Å². The lowest BCUT2D eigenvalue weighted by Crippen LogP contribution is -2.41. The van der Waals surface area contributed by atoms with E-state index in [1.54, 1.807) is 33.3 Å². The lowest BCUT2D eigenvalue weighted by atomic mass is 9.98. The zero-order chi connectivity index (χ0) is 21.8. The van der Waals surface area contributed by atoms with Gasteiger partial charge >= 0.3 is 6.09 Å². The molecule has 3 heterocycles. The summed E-state index contributed by atoms with van der Waals surface area (Å²) >= 11 is 1.67. The molecular formula is C22H27N5O3S. The van der Waals surface area contributed by atoms with Crippen molar-refractivity contribution in [3.8, 4) is 11.4 Å². The number of thiazole rings is 1. The van der Waals surface area contributed by atoms with Crippen LogP contribution in [0.15, 0.2) is 42.0 Å². The Morgan fingerprint density at radius 3 is 2.58 bits per heavy atom. The van der Waals surface area contributed by atoms with Crippen LogP contribution in [-0.2, 0) is 11.3 Å². The first-order chi connectivity index (χ1) is 14.9. The SMILES string of the molecule is CC(C)(C)OC(=O)N1CCC(c2nc(COc3ccc(-n4ccnn4)cc3)cs2)CC1. The van der Waals surface area contributed by atoms with Crippen LogP contribution in [0.5, 0.6) is 5.75 Å². The summed E-state index contributed by atoms with van der Waals surface area (Å²) in [5.74, 6) is 1.16. The summed E-state index contributed by atoms with van der Waals surface area (Å²) in [5, 5.41) is 11.0.